The fraction of sp³-hybridized carbons (Fsp3) is 0.667. The summed E-state index contributed by atoms with van der Waals surface area (Å²) in [6, 6.07) is -0.283. The predicted molar refractivity (Wildman–Crippen MR) is 69.0 cm³/mol. The zero-order valence-electron chi connectivity index (χ0n) is 10.8. The molecule has 0 amide bonds. The number of thiazole rings is 1. The minimum Gasteiger partial charge on any atom is -0.465 e. The molecular formula is C12H20N2O2S. The molecule has 0 saturated heterocycles. The minimum atomic E-state index is -0.318. The number of hydrogen-bond donors (Lipinski definition) is 1. The standard InChI is InChI=1S/C12H20N2O2S/c1-5-9(10(15)16-6-2)14-12(3,4)11-13-7-8-17-11/h7-9,14H,5-6H2,1-4H3. The Kier molecular flexibility index (Phi) is 5.08. The zero-order valence-corrected chi connectivity index (χ0v) is 11.6. The predicted octanol–water partition coefficient (Wildman–Crippen LogP) is 2.31. The highest BCUT2D eigenvalue weighted by Gasteiger charge is 2.29. The van der Waals surface area contributed by atoms with Gasteiger partial charge < -0.3 is 4.74 Å². The number of carbonyl (C=O) groups excluding carboxylic acids is 1. The van der Waals surface area contributed by atoms with Crippen LogP contribution in [0.3, 0.4) is 0 Å². The highest BCUT2D eigenvalue weighted by Crippen LogP contribution is 2.23. The van der Waals surface area contributed by atoms with Crippen LogP contribution in [-0.2, 0) is 15.1 Å². The summed E-state index contributed by atoms with van der Waals surface area (Å²) < 4.78 is 5.04. The second-order valence-corrected chi connectivity index (χ2v) is 5.21. The van der Waals surface area contributed by atoms with Crippen LogP contribution in [0, 0.1) is 0 Å². The van der Waals surface area contributed by atoms with Crippen LogP contribution in [0.5, 0.6) is 0 Å². The van der Waals surface area contributed by atoms with Gasteiger partial charge in [-0.2, -0.15) is 0 Å². The largest absolute Gasteiger partial charge is 0.465 e. The van der Waals surface area contributed by atoms with Crippen LogP contribution in [0.2, 0.25) is 0 Å². The van der Waals surface area contributed by atoms with Gasteiger partial charge >= 0.3 is 5.97 Å². The minimum absolute atomic E-state index is 0.195. The zero-order chi connectivity index (χ0) is 12.9. The number of carbonyl (C=O) groups is 1. The second kappa shape index (κ2) is 6.12. The number of hydrogen-bond acceptors (Lipinski definition) is 5. The lowest BCUT2D eigenvalue weighted by Crippen LogP contribution is -2.48. The van der Waals surface area contributed by atoms with Crippen molar-refractivity contribution in [3.8, 4) is 0 Å². The molecule has 1 N–H and O–H groups in total. The molecule has 5 heteroatoms. The Morgan fingerprint density at radius 2 is 2.29 bits per heavy atom. The molecule has 1 atom stereocenters. The van der Waals surface area contributed by atoms with Gasteiger partial charge in [-0.15, -0.1) is 11.3 Å². The SMILES string of the molecule is CCOC(=O)C(CC)NC(C)(C)c1nccs1. The summed E-state index contributed by atoms with van der Waals surface area (Å²) in [7, 11) is 0. The molecule has 0 aliphatic carbocycles. The topological polar surface area (TPSA) is 51.2 Å². The van der Waals surface area contributed by atoms with Crippen molar-refractivity contribution < 1.29 is 9.53 Å². The maximum absolute atomic E-state index is 11.7. The molecule has 0 aliphatic rings. The van der Waals surface area contributed by atoms with Crippen molar-refractivity contribution in [1.82, 2.24) is 10.3 Å². The van der Waals surface area contributed by atoms with E-state index in [4.69, 9.17) is 4.74 Å². The number of aromatic nitrogens is 1. The molecule has 1 unspecified atom stereocenters. The average Bonchev–Trinajstić information content (AvgIpc) is 2.80. The van der Waals surface area contributed by atoms with E-state index in [2.05, 4.69) is 10.3 Å². The van der Waals surface area contributed by atoms with E-state index in [0.29, 0.717) is 13.0 Å². The average molecular weight is 256 g/mol. The lowest BCUT2D eigenvalue weighted by Gasteiger charge is -2.28. The highest BCUT2D eigenvalue weighted by atomic mass is 32.1. The molecule has 1 heterocycles. The third-order valence-corrected chi connectivity index (χ3v) is 3.58. The summed E-state index contributed by atoms with van der Waals surface area (Å²) in [6.45, 7) is 8.24. The van der Waals surface area contributed by atoms with Gasteiger partial charge in [0.25, 0.3) is 0 Å². The third-order valence-electron chi connectivity index (χ3n) is 2.48. The van der Waals surface area contributed by atoms with Gasteiger partial charge in [0.1, 0.15) is 11.0 Å². The van der Waals surface area contributed by atoms with Gasteiger partial charge in [-0.25, -0.2) is 4.98 Å². The van der Waals surface area contributed by atoms with Crippen molar-refractivity contribution in [1.29, 1.82) is 0 Å². The van der Waals surface area contributed by atoms with E-state index < -0.39 is 0 Å². The number of rotatable bonds is 6. The quantitative estimate of drug-likeness (QED) is 0.794. The van der Waals surface area contributed by atoms with Crippen LogP contribution in [0.1, 0.15) is 39.1 Å². The van der Waals surface area contributed by atoms with Gasteiger partial charge in [-0.1, -0.05) is 6.92 Å². The van der Waals surface area contributed by atoms with E-state index in [0.717, 1.165) is 5.01 Å². The number of nitrogens with zero attached hydrogens (tertiary/aromatic N) is 1. The first-order chi connectivity index (χ1) is 8.01. The van der Waals surface area contributed by atoms with Crippen molar-refractivity contribution in [3.63, 3.8) is 0 Å². The Morgan fingerprint density at radius 3 is 2.76 bits per heavy atom. The normalized spacial score (nSPS) is 13.4. The molecule has 0 radical (unpaired) electrons. The van der Waals surface area contributed by atoms with Crippen molar-refractivity contribution >= 4 is 17.3 Å². The summed E-state index contributed by atoms with van der Waals surface area (Å²) >= 11 is 1.58. The van der Waals surface area contributed by atoms with Gasteiger partial charge in [-0.3, -0.25) is 10.1 Å². The molecule has 17 heavy (non-hydrogen) atoms. The first-order valence-electron chi connectivity index (χ1n) is 5.85. The van der Waals surface area contributed by atoms with Crippen LogP contribution < -0.4 is 5.32 Å². The van der Waals surface area contributed by atoms with Crippen LogP contribution in [-0.4, -0.2) is 23.6 Å². The number of ether oxygens (including phenoxy) is 1. The first kappa shape index (κ1) is 14.1. The number of esters is 1. The van der Waals surface area contributed by atoms with Gasteiger partial charge in [0.15, 0.2) is 0 Å². The fourth-order valence-electron chi connectivity index (χ4n) is 1.60. The van der Waals surface area contributed by atoms with Crippen molar-refractivity contribution in [2.75, 3.05) is 6.61 Å². The summed E-state index contributed by atoms with van der Waals surface area (Å²) in [4.78, 5) is 16.0. The maximum Gasteiger partial charge on any atom is 0.323 e. The van der Waals surface area contributed by atoms with Gasteiger partial charge in [-0.05, 0) is 27.2 Å². The molecule has 0 bridgehead atoms. The first-order valence-corrected chi connectivity index (χ1v) is 6.73. The smallest absolute Gasteiger partial charge is 0.323 e. The second-order valence-electron chi connectivity index (χ2n) is 4.32. The molecule has 1 aromatic heterocycles. The molecule has 0 spiro atoms. The van der Waals surface area contributed by atoms with E-state index in [1.807, 2.05) is 33.1 Å². The lowest BCUT2D eigenvalue weighted by molar-refractivity contribution is -0.146. The van der Waals surface area contributed by atoms with Gasteiger partial charge in [0, 0.05) is 11.6 Å². The van der Waals surface area contributed by atoms with E-state index >= 15 is 0 Å². The summed E-state index contributed by atoms with van der Waals surface area (Å²) in [5, 5.41) is 6.21. The summed E-state index contributed by atoms with van der Waals surface area (Å²) in [5.74, 6) is -0.195. The molecule has 4 nitrogen and oxygen atoms in total. The Hall–Kier alpha value is -0.940. The van der Waals surface area contributed by atoms with Crippen molar-refractivity contribution in [2.45, 2.75) is 45.7 Å². The molecule has 1 rings (SSSR count). The highest BCUT2D eigenvalue weighted by molar-refractivity contribution is 7.09. The Balaban J connectivity index is 2.70. The van der Waals surface area contributed by atoms with Crippen LogP contribution >= 0.6 is 11.3 Å². The molecular weight excluding hydrogens is 236 g/mol. The van der Waals surface area contributed by atoms with Gasteiger partial charge in [0.05, 0.1) is 12.1 Å². The summed E-state index contributed by atoms with van der Waals surface area (Å²) in [5.41, 5.74) is -0.318. The number of nitrogens with one attached hydrogen (secondary N) is 1. The van der Waals surface area contributed by atoms with E-state index in [-0.39, 0.29) is 17.6 Å². The molecule has 0 saturated carbocycles. The van der Waals surface area contributed by atoms with Crippen molar-refractivity contribution in [3.05, 3.63) is 16.6 Å². The Bertz CT molecular complexity index is 349. The van der Waals surface area contributed by atoms with Crippen LogP contribution in [0.15, 0.2) is 11.6 Å². The molecule has 0 aromatic carbocycles. The summed E-state index contributed by atoms with van der Waals surface area (Å²) in [6.07, 6.45) is 2.47. The Morgan fingerprint density at radius 1 is 1.59 bits per heavy atom. The monoisotopic (exact) mass is 256 g/mol. The van der Waals surface area contributed by atoms with Crippen LogP contribution in [0.4, 0.5) is 0 Å². The van der Waals surface area contributed by atoms with E-state index in [9.17, 15) is 4.79 Å². The van der Waals surface area contributed by atoms with E-state index in [1.165, 1.54) is 0 Å². The molecule has 96 valence electrons. The molecule has 0 fully saturated rings. The van der Waals surface area contributed by atoms with Gasteiger partial charge in [0.2, 0.25) is 0 Å². The molecule has 0 aliphatic heterocycles. The van der Waals surface area contributed by atoms with E-state index in [1.54, 1.807) is 17.5 Å². The maximum atomic E-state index is 11.7. The van der Waals surface area contributed by atoms with Crippen molar-refractivity contribution in [2.24, 2.45) is 0 Å². The third kappa shape index (κ3) is 3.78. The van der Waals surface area contributed by atoms with Crippen LogP contribution in [0.25, 0.3) is 0 Å². The Labute approximate surface area is 106 Å². The fourth-order valence-corrected chi connectivity index (χ4v) is 2.33. The lowest BCUT2D eigenvalue weighted by atomic mass is 10.0. The molecule has 1 aromatic rings.